The summed E-state index contributed by atoms with van der Waals surface area (Å²) in [6, 6.07) is 0.0477. The second-order valence-electron chi connectivity index (χ2n) is 3.99. The monoisotopic (exact) mass is 230 g/mol. The highest BCUT2D eigenvalue weighted by atomic mass is 35.5. The lowest BCUT2D eigenvalue weighted by Crippen LogP contribution is -2.33. The van der Waals surface area contributed by atoms with E-state index in [2.05, 4.69) is 31.3 Å². The van der Waals surface area contributed by atoms with Crippen LogP contribution in [0.4, 0.5) is 0 Å². The molecule has 0 bridgehead atoms. The molecule has 0 saturated carbocycles. The van der Waals surface area contributed by atoms with Gasteiger partial charge in [0.2, 0.25) is 0 Å². The minimum absolute atomic E-state index is 0.0477. The number of hydrogen-bond acceptors (Lipinski definition) is 3. The highest BCUT2D eigenvalue weighted by Crippen LogP contribution is 2.27. The van der Waals surface area contributed by atoms with Crippen molar-refractivity contribution in [2.45, 2.75) is 39.8 Å². The predicted molar refractivity (Wildman–Crippen MR) is 62.4 cm³/mol. The average Bonchev–Trinajstić information content (AvgIpc) is 2.51. The summed E-state index contributed by atoms with van der Waals surface area (Å²) >= 11 is 6.12. The van der Waals surface area contributed by atoms with Gasteiger partial charge in [0.15, 0.2) is 0 Å². The van der Waals surface area contributed by atoms with Gasteiger partial charge in [-0.25, -0.2) is 0 Å². The second kappa shape index (κ2) is 5.49. The van der Waals surface area contributed by atoms with Gasteiger partial charge in [0.25, 0.3) is 0 Å². The van der Waals surface area contributed by atoms with Crippen molar-refractivity contribution < 1.29 is 0 Å². The fourth-order valence-corrected chi connectivity index (χ4v) is 1.92. The zero-order valence-electron chi connectivity index (χ0n) is 9.50. The van der Waals surface area contributed by atoms with Crippen molar-refractivity contribution in [1.29, 1.82) is 0 Å². The lowest BCUT2D eigenvalue weighted by molar-refractivity contribution is 0.387. The van der Waals surface area contributed by atoms with E-state index in [9.17, 15) is 0 Å². The van der Waals surface area contributed by atoms with Gasteiger partial charge in [-0.3, -0.25) is 16.0 Å². The Kier molecular flexibility index (Phi) is 4.57. The number of aryl methyl sites for hydroxylation is 1. The Labute approximate surface area is 95.8 Å². The molecule has 0 fully saturated rings. The Balaban J connectivity index is 3.03. The van der Waals surface area contributed by atoms with Crippen LogP contribution in [0.15, 0.2) is 6.20 Å². The Morgan fingerprint density at radius 1 is 1.60 bits per heavy atom. The number of halogens is 1. The third-order valence-corrected chi connectivity index (χ3v) is 2.70. The topological polar surface area (TPSA) is 55.9 Å². The molecule has 0 aliphatic heterocycles. The minimum atomic E-state index is 0.0477. The van der Waals surface area contributed by atoms with Crippen molar-refractivity contribution in [2.24, 2.45) is 11.8 Å². The van der Waals surface area contributed by atoms with E-state index in [1.807, 2.05) is 4.68 Å². The van der Waals surface area contributed by atoms with Gasteiger partial charge in [0.05, 0.1) is 23.0 Å². The molecule has 0 aromatic carbocycles. The van der Waals surface area contributed by atoms with Crippen LogP contribution in [-0.4, -0.2) is 9.78 Å². The van der Waals surface area contributed by atoms with Crippen molar-refractivity contribution in [3.05, 3.63) is 16.9 Å². The Hall–Kier alpha value is -0.580. The van der Waals surface area contributed by atoms with Crippen LogP contribution in [0, 0.1) is 5.92 Å². The summed E-state index contributed by atoms with van der Waals surface area (Å²) < 4.78 is 1.92. The first-order valence-corrected chi connectivity index (χ1v) is 5.66. The molecule has 0 aliphatic carbocycles. The number of rotatable bonds is 5. The molecule has 1 rings (SSSR count). The molecule has 4 nitrogen and oxygen atoms in total. The van der Waals surface area contributed by atoms with Crippen molar-refractivity contribution in [3.8, 4) is 0 Å². The molecule has 0 saturated heterocycles. The van der Waals surface area contributed by atoms with Crippen LogP contribution in [0.5, 0.6) is 0 Å². The molecule has 1 aromatic heterocycles. The van der Waals surface area contributed by atoms with Gasteiger partial charge in [-0.15, -0.1) is 0 Å². The molecule has 1 heterocycles. The first-order valence-electron chi connectivity index (χ1n) is 5.29. The van der Waals surface area contributed by atoms with E-state index in [1.165, 1.54) is 0 Å². The van der Waals surface area contributed by atoms with E-state index in [4.69, 9.17) is 17.4 Å². The molecule has 15 heavy (non-hydrogen) atoms. The number of nitrogens with two attached hydrogens (primary N) is 1. The summed E-state index contributed by atoms with van der Waals surface area (Å²) in [5.41, 5.74) is 3.78. The van der Waals surface area contributed by atoms with Crippen molar-refractivity contribution in [1.82, 2.24) is 15.2 Å². The van der Waals surface area contributed by atoms with Crippen molar-refractivity contribution in [3.63, 3.8) is 0 Å². The van der Waals surface area contributed by atoms with Crippen LogP contribution in [0.2, 0.25) is 5.02 Å². The van der Waals surface area contributed by atoms with Crippen LogP contribution in [-0.2, 0) is 6.54 Å². The lowest BCUT2D eigenvalue weighted by atomic mass is 10.0. The molecular weight excluding hydrogens is 212 g/mol. The van der Waals surface area contributed by atoms with E-state index < -0.39 is 0 Å². The maximum atomic E-state index is 6.12. The zero-order valence-corrected chi connectivity index (χ0v) is 10.3. The molecular formula is C10H19ClN4. The van der Waals surface area contributed by atoms with Gasteiger partial charge >= 0.3 is 0 Å². The van der Waals surface area contributed by atoms with Crippen LogP contribution >= 0.6 is 11.6 Å². The number of nitrogens with one attached hydrogen (secondary N) is 1. The van der Waals surface area contributed by atoms with Gasteiger partial charge in [-0.05, 0) is 12.3 Å². The number of aromatic nitrogens is 2. The smallest absolute Gasteiger partial charge is 0.0834 e. The zero-order chi connectivity index (χ0) is 11.4. The summed E-state index contributed by atoms with van der Waals surface area (Å²) in [7, 11) is 0. The van der Waals surface area contributed by atoms with E-state index in [-0.39, 0.29) is 6.04 Å². The van der Waals surface area contributed by atoms with Crippen LogP contribution in [0.1, 0.15) is 38.9 Å². The van der Waals surface area contributed by atoms with Crippen LogP contribution in [0.25, 0.3) is 0 Å². The second-order valence-corrected chi connectivity index (χ2v) is 4.40. The van der Waals surface area contributed by atoms with Gasteiger partial charge in [0, 0.05) is 6.54 Å². The van der Waals surface area contributed by atoms with Crippen molar-refractivity contribution in [2.75, 3.05) is 0 Å². The van der Waals surface area contributed by atoms with E-state index in [1.54, 1.807) is 6.20 Å². The largest absolute Gasteiger partial charge is 0.271 e. The Morgan fingerprint density at radius 3 is 2.73 bits per heavy atom. The molecule has 0 spiro atoms. The predicted octanol–water partition coefficient (Wildman–Crippen LogP) is 2.11. The average molecular weight is 231 g/mol. The third-order valence-electron chi connectivity index (χ3n) is 2.41. The first-order chi connectivity index (χ1) is 7.11. The highest BCUT2D eigenvalue weighted by molar-refractivity contribution is 6.31. The molecule has 0 aliphatic rings. The van der Waals surface area contributed by atoms with Gasteiger partial charge in [-0.1, -0.05) is 32.4 Å². The van der Waals surface area contributed by atoms with E-state index in [0.29, 0.717) is 10.9 Å². The molecule has 1 atom stereocenters. The maximum Gasteiger partial charge on any atom is 0.0834 e. The highest BCUT2D eigenvalue weighted by Gasteiger charge is 2.21. The Morgan fingerprint density at radius 2 is 2.27 bits per heavy atom. The molecule has 1 aromatic rings. The normalized spacial score (nSPS) is 13.5. The number of nitrogens with zero attached hydrogens (tertiary/aromatic N) is 2. The molecule has 1 unspecified atom stereocenters. The minimum Gasteiger partial charge on any atom is -0.271 e. The summed E-state index contributed by atoms with van der Waals surface area (Å²) in [4.78, 5) is 0. The SMILES string of the molecule is CCCn1ncc(Cl)c1C(NN)C(C)C. The molecule has 5 heteroatoms. The maximum absolute atomic E-state index is 6.12. The lowest BCUT2D eigenvalue weighted by Gasteiger charge is -2.21. The number of hydrazine groups is 1. The quantitative estimate of drug-likeness (QED) is 0.602. The molecule has 86 valence electrons. The number of hydrogen-bond donors (Lipinski definition) is 2. The van der Waals surface area contributed by atoms with Crippen LogP contribution < -0.4 is 11.3 Å². The third kappa shape index (κ3) is 2.71. The molecule has 0 amide bonds. The Bertz CT molecular complexity index is 308. The van der Waals surface area contributed by atoms with E-state index in [0.717, 1.165) is 18.7 Å². The first kappa shape index (κ1) is 12.5. The standard InChI is InChI=1S/C10H19ClN4/c1-4-5-15-10(8(11)6-13-15)9(14-12)7(2)3/h6-7,9,14H,4-5,12H2,1-3H3. The molecule has 0 radical (unpaired) electrons. The summed E-state index contributed by atoms with van der Waals surface area (Å²) in [5, 5.41) is 4.93. The van der Waals surface area contributed by atoms with Crippen LogP contribution in [0.3, 0.4) is 0 Å². The van der Waals surface area contributed by atoms with E-state index >= 15 is 0 Å². The summed E-state index contributed by atoms with van der Waals surface area (Å²) in [6.07, 6.45) is 2.71. The summed E-state index contributed by atoms with van der Waals surface area (Å²) in [6.45, 7) is 7.18. The van der Waals surface area contributed by atoms with Gasteiger partial charge in [-0.2, -0.15) is 5.10 Å². The van der Waals surface area contributed by atoms with Gasteiger partial charge in [0.1, 0.15) is 0 Å². The summed E-state index contributed by atoms with van der Waals surface area (Å²) in [5.74, 6) is 5.92. The van der Waals surface area contributed by atoms with Crippen molar-refractivity contribution >= 4 is 11.6 Å². The fraction of sp³-hybridized carbons (Fsp3) is 0.700. The van der Waals surface area contributed by atoms with Gasteiger partial charge < -0.3 is 0 Å². The fourth-order valence-electron chi connectivity index (χ4n) is 1.66. The molecule has 3 N–H and O–H groups in total.